The molecule has 2 rings (SSSR count). The third-order valence-corrected chi connectivity index (χ3v) is 2.93. The fourth-order valence-electron chi connectivity index (χ4n) is 1.57. The van der Waals surface area contributed by atoms with Gasteiger partial charge in [-0.1, -0.05) is 12.1 Å². The van der Waals surface area contributed by atoms with Gasteiger partial charge in [-0.2, -0.15) is 0 Å². The molecule has 1 aromatic carbocycles. The first-order chi connectivity index (χ1) is 8.69. The maximum Gasteiger partial charge on any atom is 0.216 e. The van der Waals surface area contributed by atoms with Gasteiger partial charge in [0.25, 0.3) is 0 Å². The van der Waals surface area contributed by atoms with E-state index < -0.39 is 0 Å². The van der Waals surface area contributed by atoms with Crippen molar-refractivity contribution in [1.29, 1.82) is 0 Å². The summed E-state index contributed by atoms with van der Waals surface area (Å²) in [5.41, 5.74) is 1.64. The van der Waals surface area contributed by atoms with Gasteiger partial charge in [0.05, 0.1) is 12.5 Å². The molecule has 0 aliphatic heterocycles. The van der Waals surface area contributed by atoms with E-state index in [2.05, 4.69) is 9.97 Å². The first-order valence-electron chi connectivity index (χ1n) is 5.43. The maximum absolute atomic E-state index is 12.8. The van der Waals surface area contributed by atoms with Gasteiger partial charge in [0.15, 0.2) is 0 Å². The Balaban J connectivity index is 2.10. The number of rotatable bonds is 4. The van der Waals surface area contributed by atoms with Crippen molar-refractivity contribution < 1.29 is 9.13 Å². The largest absolute Gasteiger partial charge is 0.481 e. The summed E-state index contributed by atoms with van der Waals surface area (Å²) in [5.74, 6) is 0.231. The van der Waals surface area contributed by atoms with Crippen LogP contribution in [-0.4, -0.2) is 17.1 Å². The molecule has 94 valence electrons. The number of methoxy groups -OCH3 is 1. The second-order valence-electron chi connectivity index (χ2n) is 3.77. The molecule has 2 aromatic rings. The molecule has 0 fully saturated rings. The van der Waals surface area contributed by atoms with Crippen molar-refractivity contribution in [2.45, 2.75) is 11.8 Å². The van der Waals surface area contributed by atoms with Gasteiger partial charge in [-0.3, -0.25) is 0 Å². The molecule has 0 N–H and O–H groups in total. The predicted octanol–water partition coefficient (Wildman–Crippen LogP) is 3.15. The van der Waals surface area contributed by atoms with Crippen LogP contribution in [0.25, 0.3) is 0 Å². The molecule has 0 radical (unpaired) electrons. The van der Waals surface area contributed by atoms with E-state index in [0.29, 0.717) is 12.3 Å². The minimum atomic E-state index is -0.272. The normalized spacial score (nSPS) is 12.2. The Hall–Kier alpha value is -1.68. The Morgan fingerprint density at radius 1 is 1.28 bits per heavy atom. The maximum atomic E-state index is 12.8. The second kappa shape index (κ2) is 5.78. The lowest BCUT2D eigenvalue weighted by Crippen LogP contribution is -2.00. The van der Waals surface area contributed by atoms with Crippen LogP contribution in [0.15, 0.2) is 36.7 Å². The highest BCUT2D eigenvalue weighted by atomic mass is 35.5. The molecule has 5 heteroatoms. The van der Waals surface area contributed by atoms with Crippen molar-refractivity contribution in [3.8, 4) is 5.88 Å². The average molecular weight is 267 g/mol. The zero-order chi connectivity index (χ0) is 13.0. The van der Waals surface area contributed by atoms with E-state index in [1.54, 1.807) is 25.3 Å². The number of benzene rings is 1. The van der Waals surface area contributed by atoms with Crippen LogP contribution in [0, 0.1) is 5.82 Å². The van der Waals surface area contributed by atoms with E-state index >= 15 is 0 Å². The summed E-state index contributed by atoms with van der Waals surface area (Å²) in [5, 5.41) is -0.259. The molecule has 0 amide bonds. The van der Waals surface area contributed by atoms with Crippen molar-refractivity contribution in [2.24, 2.45) is 0 Å². The molecular weight excluding hydrogens is 255 g/mol. The fraction of sp³-hybridized carbons (Fsp3) is 0.231. The van der Waals surface area contributed by atoms with Crippen molar-refractivity contribution in [3.63, 3.8) is 0 Å². The van der Waals surface area contributed by atoms with Crippen LogP contribution >= 0.6 is 11.6 Å². The molecule has 1 atom stereocenters. The number of alkyl halides is 1. The van der Waals surface area contributed by atoms with E-state index in [1.165, 1.54) is 18.5 Å². The third kappa shape index (κ3) is 3.17. The topological polar surface area (TPSA) is 35.0 Å². The number of hydrogen-bond acceptors (Lipinski definition) is 3. The van der Waals surface area contributed by atoms with Gasteiger partial charge >= 0.3 is 0 Å². The van der Waals surface area contributed by atoms with Crippen LogP contribution in [-0.2, 0) is 6.42 Å². The smallest absolute Gasteiger partial charge is 0.216 e. The van der Waals surface area contributed by atoms with Gasteiger partial charge in [-0.05, 0) is 17.7 Å². The highest BCUT2D eigenvalue weighted by Gasteiger charge is 2.10. The fourth-order valence-corrected chi connectivity index (χ4v) is 1.88. The summed E-state index contributed by atoms with van der Waals surface area (Å²) < 4.78 is 17.8. The first kappa shape index (κ1) is 12.8. The average Bonchev–Trinajstić information content (AvgIpc) is 2.39. The van der Waals surface area contributed by atoms with Crippen LogP contribution < -0.4 is 4.74 Å². The molecular formula is C13H12ClFN2O. The Kier molecular flexibility index (Phi) is 4.10. The number of ether oxygens (including phenoxy) is 1. The standard InChI is InChI=1S/C13H12ClFN2O/c1-18-13-7-11(16-8-17-13)6-12(14)9-2-4-10(15)5-3-9/h2-5,7-8,12H,6H2,1H3. The van der Waals surface area contributed by atoms with Crippen molar-refractivity contribution in [2.75, 3.05) is 7.11 Å². The lowest BCUT2D eigenvalue weighted by Gasteiger charge is -2.09. The minimum Gasteiger partial charge on any atom is -0.481 e. The molecule has 18 heavy (non-hydrogen) atoms. The monoisotopic (exact) mass is 266 g/mol. The quantitative estimate of drug-likeness (QED) is 0.798. The number of halogens is 2. The van der Waals surface area contributed by atoms with Gasteiger partial charge in [-0.15, -0.1) is 11.6 Å². The van der Waals surface area contributed by atoms with Crippen LogP contribution in [0.4, 0.5) is 4.39 Å². The van der Waals surface area contributed by atoms with Gasteiger partial charge < -0.3 is 4.74 Å². The summed E-state index contributed by atoms with van der Waals surface area (Å²) in [7, 11) is 1.55. The van der Waals surface area contributed by atoms with E-state index in [-0.39, 0.29) is 11.2 Å². The van der Waals surface area contributed by atoms with E-state index in [4.69, 9.17) is 16.3 Å². The van der Waals surface area contributed by atoms with Crippen LogP contribution in [0.1, 0.15) is 16.6 Å². The minimum absolute atomic E-state index is 0.259. The summed E-state index contributed by atoms with van der Waals surface area (Å²) >= 11 is 6.26. The van der Waals surface area contributed by atoms with Crippen LogP contribution in [0.2, 0.25) is 0 Å². The van der Waals surface area contributed by atoms with Crippen molar-refractivity contribution >= 4 is 11.6 Å². The number of nitrogens with zero attached hydrogens (tertiary/aromatic N) is 2. The molecule has 0 bridgehead atoms. The summed E-state index contributed by atoms with van der Waals surface area (Å²) in [4.78, 5) is 8.04. The van der Waals surface area contributed by atoms with Crippen LogP contribution in [0.3, 0.4) is 0 Å². The van der Waals surface area contributed by atoms with Gasteiger partial charge in [0, 0.05) is 18.2 Å². The number of aromatic nitrogens is 2. The summed E-state index contributed by atoms with van der Waals surface area (Å²) in [6.07, 6.45) is 1.97. The Morgan fingerprint density at radius 3 is 2.67 bits per heavy atom. The van der Waals surface area contributed by atoms with Crippen molar-refractivity contribution in [3.05, 3.63) is 53.7 Å². The number of hydrogen-bond donors (Lipinski definition) is 0. The first-order valence-corrected chi connectivity index (χ1v) is 5.87. The second-order valence-corrected chi connectivity index (χ2v) is 4.30. The van der Waals surface area contributed by atoms with Gasteiger partial charge in [-0.25, -0.2) is 14.4 Å². The Morgan fingerprint density at radius 2 is 2.00 bits per heavy atom. The zero-order valence-corrected chi connectivity index (χ0v) is 10.6. The molecule has 0 saturated carbocycles. The molecule has 1 unspecified atom stereocenters. The molecule has 0 aliphatic carbocycles. The zero-order valence-electron chi connectivity index (χ0n) is 9.81. The highest BCUT2D eigenvalue weighted by molar-refractivity contribution is 6.20. The Bertz CT molecular complexity index is 519. The van der Waals surface area contributed by atoms with Gasteiger partial charge in [0.1, 0.15) is 12.1 Å². The molecule has 0 spiro atoms. The molecule has 0 aliphatic rings. The SMILES string of the molecule is COc1cc(CC(Cl)c2ccc(F)cc2)ncn1. The molecule has 0 saturated heterocycles. The predicted molar refractivity (Wildman–Crippen MR) is 67.3 cm³/mol. The highest BCUT2D eigenvalue weighted by Crippen LogP contribution is 2.25. The van der Waals surface area contributed by atoms with E-state index in [9.17, 15) is 4.39 Å². The lowest BCUT2D eigenvalue weighted by atomic mass is 10.1. The van der Waals surface area contributed by atoms with E-state index in [1.807, 2.05) is 0 Å². The van der Waals surface area contributed by atoms with Crippen molar-refractivity contribution in [1.82, 2.24) is 9.97 Å². The molecule has 1 aromatic heterocycles. The van der Waals surface area contributed by atoms with E-state index in [0.717, 1.165) is 11.3 Å². The van der Waals surface area contributed by atoms with Gasteiger partial charge in [0.2, 0.25) is 5.88 Å². The summed E-state index contributed by atoms with van der Waals surface area (Å²) in [6.45, 7) is 0. The molecule has 1 heterocycles. The lowest BCUT2D eigenvalue weighted by molar-refractivity contribution is 0.396. The Labute approximate surface area is 110 Å². The van der Waals surface area contributed by atoms with Crippen LogP contribution in [0.5, 0.6) is 5.88 Å². The summed E-state index contributed by atoms with van der Waals surface area (Å²) in [6, 6.07) is 7.87. The third-order valence-electron chi connectivity index (χ3n) is 2.53. The molecule has 3 nitrogen and oxygen atoms in total.